The Kier molecular flexibility index (Phi) is 33.6. The predicted molar refractivity (Wildman–Crippen MR) is 374 cm³/mol. The molecule has 94 heavy (non-hydrogen) atoms. The molecule has 0 saturated heterocycles. The SMILES string of the molecule is CC(C)Oc1ccc(C(=O)N[C@H](CCO)Cc2ccc(-c3cn(C)c(C(C)(C)C)n3)cc2)c(N)c1Cl.CC(C)Oc1ccc(C(=O)O)c(N)c1Cl.CC(C)Oc1ccc(C(=O)OC(C)(C)C)c(N)c1Cl.Cn1cc(-c2ccc(C[C@H](N)CCO)cc2)nc1C(C)(C)C.[K+].[OH-]. The van der Waals surface area contributed by atoms with Gasteiger partial charge in [-0.2, -0.15) is 0 Å². The maximum absolute atomic E-state index is 13.0. The molecule has 0 aliphatic carbocycles. The molecule has 0 bridgehead atoms. The Bertz CT molecular complexity index is 3580. The van der Waals surface area contributed by atoms with Crippen LogP contribution in [0.15, 0.2) is 97.3 Å². The summed E-state index contributed by atoms with van der Waals surface area (Å²) in [7, 11) is 4.05. The molecule has 0 saturated carbocycles. The van der Waals surface area contributed by atoms with Crippen LogP contribution in [-0.2, 0) is 42.5 Å². The Morgan fingerprint density at radius 3 is 1.24 bits per heavy atom. The molecule has 510 valence electrons. The van der Waals surface area contributed by atoms with Gasteiger partial charge in [-0.1, -0.05) is 125 Å². The molecular formula is C70H97Cl3KN9O11. The van der Waals surface area contributed by atoms with Crippen LogP contribution in [0.2, 0.25) is 15.1 Å². The molecule has 0 unspecified atom stereocenters. The number of aliphatic hydroxyl groups is 2. The number of imidazole rings is 2. The first-order valence-corrected chi connectivity index (χ1v) is 31.6. The molecule has 0 aliphatic rings. The van der Waals surface area contributed by atoms with Gasteiger partial charge in [0.25, 0.3) is 5.91 Å². The summed E-state index contributed by atoms with van der Waals surface area (Å²) in [5.41, 5.74) is 30.1. The normalized spacial score (nSPS) is 11.9. The first-order valence-electron chi connectivity index (χ1n) is 30.5. The van der Waals surface area contributed by atoms with Crippen molar-refractivity contribution >= 4 is 69.7 Å². The fourth-order valence-corrected chi connectivity index (χ4v) is 10.0. The van der Waals surface area contributed by atoms with E-state index in [4.69, 9.17) is 96.9 Å². The van der Waals surface area contributed by atoms with Gasteiger partial charge < -0.3 is 77.1 Å². The molecule has 0 spiro atoms. The van der Waals surface area contributed by atoms with Gasteiger partial charge in [0.2, 0.25) is 0 Å². The van der Waals surface area contributed by atoms with Crippen LogP contribution in [0.1, 0.15) is 171 Å². The van der Waals surface area contributed by atoms with E-state index in [1.54, 1.807) is 45.0 Å². The minimum absolute atomic E-state index is 0. The average molecular weight is 1390 g/mol. The van der Waals surface area contributed by atoms with E-state index in [-0.39, 0.29) is 166 Å². The number of aryl methyl sites for hydroxylation is 2. The van der Waals surface area contributed by atoms with Crippen molar-refractivity contribution in [2.75, 3.05) is 30.4 Å². The third-order valence-corrected chi connectivity index (χ3v) is 14.7. The van der Waals surface area contributed by atoms with E-state index in [1.807, 2.05) is 86.1 Å². The minimum Gasteiger partial charge on any atom is -0.870 e. The summed E-state index contributed by atoms with van der Waals surface area (Å²) in [5, 5.41) is 30.9. The van der Waals surface area contributed by atoms with Crippen LogP contribution in [0.5, 0.6) is 17.2 Å². The van der Waals surface area contributed by atoms with E-state index >= 15 is 0 Å². The van der Waals surface area contributed by atoms with Crippen LogP contribution in [0.25, 0.3) is 22.5 Å². The number of aromatic carboxylic acids is 1. The summed E-state index contributed by atoms with van der Waals surface area (Å²) in [6.07, 6.45) is 6.37. The van der Waals surface area contributed by atoms with Gasteiger partial charge in [-0.05, 0) is 136 Å². The number of benzene rings is 5. The molecule has 7 rings (SSSR count). The van der Waals surface area contributed by atoms with Crippen LogP contribution >= 0.6 is 34.8 Å². The number of carbonyl (C=O) groups excluding carboxylic acids is 2. The summed E-state index contributed by atoms with van der Waals surface area (Å²) in [4.78, 5) is 45.3. The Balaban J connectivity index is 0.000000449. The molecule has 24 heteroatoms. The molecule has 2 aromatic heterocycles. The number of nitrogens with one attached hydrogen (secondary N) is 1. The minimum atomic E-state index is -1.11. The van der Waals surface area contributed by atoms with Gasteiger partial charge in [0.15, 0.2) is 0 Å². The summed E-state index contributed by atoms with van der Waals surface area (Å²) in [6.45, 7) is 29.6. The van der Waals surface area contributed by atoms with Gasteiger partial charge in [0, 0.05) is 73.7 Å². The van der Waals surface area contributed by atoms with Crippen molar-refractivity contribution in [3.63, 3.8) is 0 Å². The molecule has 7 aromatic rings. The van der Waals surface area contributed by atoms with E-state index in [9.17, 15) is 19.5 Å². The molecule has 5 aromatic carbocycles. The average Bonchev–Trinajstić information content (AvgIpc) is 1.41. The van der Waals surface area contributed by atoms with E-state index in [2.05, 4.69) is 86.5 Å². The van der Waals surface area contributed by atoms with Crippen molar-refractivity contribution in [3.05, 3.63) is 152 Å². The molecule has 2 heterocycles. The van der Waals surface area contributed by atoms with Gasteiger partial charge in [-0.25, -0.2) is 19.6 Å². The second kappa shape index (κ2) is 37.6. The Morgan fingerprint density at radius 1 is 0.553 bits per heavy atom. The number of nitrogens with two attached hydrogens (primary N) is 4. The summed E-state index contributed by atoms with van der Waals surface area (Å²) in [6, 6.07) is 25.6. The number of carboxylic acids is 1. The quantitative estimate of drug-likeness (QED) is 0.0200. The van der Waals surface area contributed by atoms with Crippen molar-refractivity contribution in [3.8, 4) is 39.8 Å². The van der Waals surface area contributed by atoms with Gasteiger partial charge >= 0.3 is 63.3 Å². The summed E-state index contributed by atoms with van der Waals surface area (Å²) in [5.74, 6) is 1.45. The number of nitrogen functional groups attached to an aromatic ring is 3. The second-order valence-electron chi connectivity index (χ2n) is 26.2. The largest absolute Gasteiger partial charge is 1.00 e. The number of esters is 1. The number of hydrogen-bond donors (Lipinski definition) is 8. The number of nitrogens with zero attached hydrogens (tertiary/aromatic N) is 4. The standard InChI is InChI=1S/C28H37ClN4O3.C18H27N3O.C14H20ClNO3.C10H12ClNO3.K.H2O/c1-17(2)36-23-12-11-21(25(30)24(23)29)26(35)31-20(13-14-34)15-18-7-9-19(10-8-18)22-16-33(6)27(32-22)28(3,4)5;1-18(2,3)17-20-16(12-21(17)4)14-7-5-13(6-8-14)11-15(19)9-10-22;1-8(2)18-10-7-6-9(12(16)11(10)15)13(17)19-14(3,4)5;1-5(2)15-7-4-3-6(10(13)14)9(12)8(7)11;;/h7-12,16-17,20,34H,13-15,30H2,1-6H3,(H,31,35);5-8,12,15,22H,9-11,19H2,1-4H3;6-8H,16H2,1-5H3;3-5H,12H2,1-2H3,(H,13,14);;1H2/q;;;;+1;/p-1/t20-;15-;;;;/m11..../s1. The zero-order valence-corrected chi connectivity index (χ0v) is 63.1. The van der Waals surface area contributed by atoms with Crippen molar-refractivity contribution in [2.24, 2.45) is 19.8 Å². The van der Waals surface area contributed by atoms with Crippen LogP contribution in [0, 0.1) is 0 Å². The molecule has 0 aliphatic heterocycles. The van der Waals surface area contributed by atoms with Crippen molar-refractivity contribution < 1.29 is 106 Å². The second-order valence-corrected chi connectivity index (χ2v) is 27.3. The maximum atomic E-state index is 13.0. The van der Waals surface area contributed by atoms with Crippen molar-refractivity contribution in [1.29, 1.82) is 0 Å². The number of carboxylic acid groups (broad SMARTS) is 1. The van der Waals surface area contributed by atoms with E-state index in [0.29, 0.717) is 36.5 Å². The maximum Gasteiger partial charge on any atom is 1.00 e. The molecular weight excluding hydrogens is 1290 g/mol. The molecule has 0 fully saturated rings. The summed E-state index contributed by atoms with van der Waals surface area (Å²) < 4.78 is 25.9. The first-order chi connectivity index (χ1) is 42.8. The third-order valence-electron chi connectivity index (χ3n) is 13.5. The topological polar surface area (TPSA) is 331 Å². The van der Waals surface area contributed by atoms with Gasteiger partial charge in [-0.3, -0.25) is 4.79 Å². The van der Waals surface area contributed by atoms with Crippen LogP contribution in [0.3, 0.4) is 0 Å². The van der Waals surface area contributed by atoms with Gasteiger partial charge in [0.05, 0.1) is 63.5 Å². The summed E-state index contributed by atoms with van der Waals surface area (Å²) >= 11 is 18.3. The van der Waals surface area contributed by atoms with Crippen LogP contribution in [-0.4, -0.2) is 107 Å². The Labute approximate surface area is 612 Å². The zero-order valence-electron chi connectivity index (χ0n) is 57.7. The number of carbonyl (C=O) groups is 3. The number of aliphatic hydroxyl groups excluding tert-OH is 2. The Morgan fingerprint density at radius 2 is 0.904 bits per heavy atom. The monoisotopic (exact) mass is 1380 g/mol. The molecule has 20 nitrogen and oxygen atoms in total. The fraction of sp³-hybridized carbons (Fsp3) is 0.443. The fourth-order valence-electron chi connectivity index (χ4n) is 9.38. The van der Waals surface area contributed by atoms with Crippen molar-refractivity contribution in [1.82, 2.24) is 24.4 Å². The number of halogens is 3. The first kappa shape index (κ1) is 84.2. The van der Waals surface area contributed by atoms with Crippen LogP contribution < -0.4 is 93.8 Å². The number of anilines is 3. The number of rotatable bonds is 20. The van der Waals surface area contributed by atoms with E-state index in [1.165, 1.54) is 17.7 Å². The Hall–Kier alpha value is -5.92. The number of amides is 1. The van der Waals surface area contributed by atoms with Crippen LogP contribution in [0.4, 0.5) is 17.1 Å². The zero-order chi connectivity index (χ0) is 69.3. The predicted octanol–water partition coefficient (Wildman–Crippen LogP) is 10.7. The smallest absolute Gasteiger partial charge is 0.870 e. The molecule has 13 N–H and O–H groups in total. The van der Waals surface area contributed by atoms with Crippen molar-refractivity contribution in [2.45, 2.75) is 176 Å². The van der Waals surface area contributed by atoms with Gasteiger partial charge in [0.1, 0.15) is 49.6 Å². The third kappa shape index (κ3) is 25.6. The van der Waals surface area contributed by atoms with Gasteiger partial charge in [-0.15, -0.1) is 0 Å². The van der Waals surface area contributed by atoms with E-state index in [0.717, 1.165) is 46.1 Å². The molecule has 1 amide bonds. The number of aromatic nitrogens is 4. The van der Waals surface area contributed by atoms with E-state index < -0.39 is 17.5 Å². The number of ether oxygens (including phenoxy) is 4. The number of hydrogen-bond acceptors (Lipinski definition) is 16. The molecule has 2 atom stereocenters. The molecule has 0 radical (unpaired) electrons.